The molecule has 0 spiro atoms. The van der Waals surface area contributed by atoms with Gasteiger partial charge in [0.1, 0.15) is 0 Å². The summed E-state index contributed by atoms with van der Waals surface area (Å²) < 4.78 is 7.49. The van der Waals surface area contributed by atoms with Crippen LogP contribution in [0.5, 0.6) is 0 Å². The molecule has 13 heteroatoms. The van der Waals surface area contributed by atoms with Crippen LogP contribution in [0.4, 0.5) is 10.5 Å². The number of rotatable bonds is 7. The highest BCUT2D eigenvalue weighted by molar-refractivity contribution is 6.33. The second-order valence-corrected chi connectivity index (χ2v) is 13.5. The molecule has 3 aliphatic rings. The molecule has 2 amide bonds. The topological polar surface area (TPSA) is 133 Å². The smallest absolute Gasteiger partial charge is 0.410 e. The van der Waals surface area contributed by atoms with Gasteiger partial charge in [0, 0.05) is 57.3 Å². The Bertz CT molecular complexity index is 1580. The summed E-state index contributed by atoms with van der Waals surface area (Å²) in [6, 6.07) is 13.5. The van der Waals surface area contributed by atoms with Gasteiger partial charge in [-0.3, -0.25) is 14.7 Å². The summed E-state index contributed by atoms with van der Waals surface area (Å²) in [5.74, 6) is 0.322. The van der Waals surface area contributed by atoms with Gasteiger partial charge >= 0.3 is 11.8 Å². The molecule has 4 heterocycles. The van der Waals surface area contributed by atoms with Gasteiger partial charge in [0.25, 0.3) is 5.91 Å². The molecule has 2 aromatic carbocycles. The number of halogens is 1. The molecule has 47 heavy (non-hydrogen) atoms. The van der Waals surface area contributed by atoms with E-state index in [2.05, 4.69) is 26.9 Å². The van der Waals surface area contributed by atoms with Gasteiger partial charge in [-0.25, -0.2) is 14.3 Å². The minimum atomic E-state index is -1.00. The summed E-state index contributed by atoms with van der Waals surface area (Å²) in [6.07, 6.45) is 2.02. The zero-order valence-corrected chi connectivity index (χ0v) is 28.0. The van der Waals surface area contributed by atoms with E-state index in [1.807, 2.05) is 48.2 Å². The van der Waals surface area contributed by atoms with E-state index in [4.69, 9.17) is 22.1 Å². The van der Waals surface area contributed by atoms with Crippen LogP contribution < -0.4 is 11.4 Å². The predicted octanol–water partition coefficient (Wildman–Crippen LogP) is 3.41. The van der Waals surface area contributed by atoms with Crippen LogP contribution in [0, 0.1) is 6.92 Å². The van der Waals surface area contributed by atoms with E-state index in [0.29, 0.717) is 61.6 Å². The molecule has 252 valence electrons. The maximum absolute atomic E-state index is 14.0. The number of H-pyrrole nitrogens is 1. The van der Waals surface area contributed by atoms with Crippen molar-refractivity contribution in [3.05, 3.63) is 69.1 Å². The standard InChI is InChI=1S/C34H45ClN8O4/c1-23-20-24(21-28(35)30(23)36)22-29(32(44)41-18-16-40(17-19-41)26-8-12-39(2)13-9-26)47-34(46)42-14-10-27(11-15-42)43-33(45)37-31(38-43)25-6-4-3-5-7-25/h3-7,20-21,26-27,29H,8-19,22,36H2,1-2H3,(H,37,38,45)/t29-/m1/s1. The highest BCUT2D eigenvalue weighted by Gasteiger charge is 2.35. The largest absolute Gasteiger partial charge is 0.436 e. The minimum Gasteiger partial charge on any atom is -0.436 e. The summed E-state index contributed by atoms with van der Waals surface area (Å²) in [5, 5.41) is 4.95. The number of nitrogens with zero attached hydrogens (tertiary/aromatic N) is 6. The Kier molecular flexibility index (Phi) is 10.2. The number of piperazine rings is 1. The monoisotopic (exact) mass is 664 g/mol. The maximum Gasteiger partial charge on any atom is 0.410 e. The Balaban J connectivity index is 1.10. The quantitative estimate of drug-likeness (QED) is 0.368. The SMILES string of the molecule is Cc1cc(C[C@@H](OC(=O)N2CCC(n3nc(-c4ccccc4)[nH]c3=O)CC2)C(=O)N2CCN(C3CCN(C)CC3)CC2)cc(Cl)c1N. The van der Waals surface area contributed by atoms with Crippen molar-refractivity contribution in [1.82, 2.24) is 34.4 Å². The lowest BCUT2D eigenvalue weighted by Crippen LogP contribution is -2.56. The van der Waals surface area contributed by atoms with Crippen LogP contribution in [0.3, 0.4) is 0 Å². The van der Waals surface area contributed by atoms with E-state index in [1.54, 1.807) is 11.0 Å². The number of aromatic nitrogens is 3. The summed E-state index contributed by atoms with van der Waals surface area (Å²) >= 11 is 6.39. The van der Waals surface area contributed by atoms with E-state index in [0.717, 1.165) is 55.7 Å². The molecule has 3 N–H and O–H groups in total. The van der Waals surface area contributed by atoms with E-state index >= 15 is 0 Å². The molecule has 3 aromatic rings. The van der Waals surface area contributed by atoms with Gasteiger partial charge in [-0.05, 0) is 69.9 Å². The number of amides is 2. The fourth-order valence-electron chi connectivity index (χ4n) is 7.01. The van der Waals surface area contributed by atoms with E-state index in [1.165, 1.54) is 4.68 Å². The van der Waals surface area contributed by atoms with Crippen molar-refractivity contribution in [2.24, 2.45) is 0 Å². The van der Waals surface area contributed by atoms with Gasteiger partial charge in [0.2, 0.25) is 0 Å². The number of anilines is 1. The average Bonchev–Trinajstić information content (AvgIpc) is 3.48. The molecule has 6 rings (SSSR count). The fraction of sp³-hybridized carbons (Fsp3) is 0.529. The van der Waals surface area contributed by atoms with Gasteiger partial charge in [0.15, 0.2) is 11.9 Å². The molecule has 3 aliphatic heterocycles. The van der Waals surface area contributed by atoms with Gasteiger partial charge in [-0.1, -0.05) is 48.0 Å². The Morgan fingerprint density at radius 3 is 2.28 bits per heavy atom. The van der Waals surface area contributed by atoms with Gasteiger partial charge in [-0.2, -0.15) is 0 Å². The van der Waals surface area contributed by atoms with Crippen molar-refractivity contribution in [2.45, 2.75) is 57.2 Å². The minimum absolute atomic E-state index is 0.154. The van der Waals surface area contributed by atoms with Gasteiger partial charge in [0.05, 0.1) is 16.8 Å². The number of carbonyl (C=O) groups is 2. The Morgan fingerprint density at radius 2 is 1.62 bits per heavy atom. The van der Waals surface area contributed by atoms with Crippen molar-refractivity contribution >= 4 is 29.3 Å². The van der Waals surface area contributed by atoms with E-state index in [-0.39, 0.29) is 24.1 Å². The van der Waals surface area contributed by atoms with E-state index in [9.17, 15) is 14.4 Å². The third-order valence-electron chi connectivity index (χ3n) is 9.92. The first-order chi connectivity index (χ1) is 22.7. The van der Waals surface area contributed by atoms with Crippen LogP contribution in [0.25, 0.3) is 11.4 Å². The van der Waals surface area contributed by atoms with Crippen molar-refractivity contribution in [1.29, 1.82) is 0 Å². The molecular formula is C34H45ClN8O4. The molecule has 12 nitrogen and oxygen atoms in total. The molecule has 0 aliphatic carbocycles. The molecule has 0 bridgehead atoms. The fourth-order valence-corrected chi connectivity index (χ4v) is 7.30. The van der Waals surface area contributed by atoms with Crippen LogP contribution in [-0.2, 0) is 16.0 Å². The number of nitrogens with two attached hydrogens (primary N) is 1. The molecule has 1 atom stereocenters. The zero-order chi connectivity index (χ0) is 33.1. The van der Waals surface area contributed by atoms with Crippen molar-refractivity contribution in [3.63, 3.8) is 0 Å². The van der Waals surface area contributed by atoms with Crippen LogP contribution in [0.2, 0.25) is 5.02 Å². The highest BCUT2D eigenvalue weighted by Crippen LogP contribution is 2.27. The number of ether oxygens (including phenoxy) is 1. The number of carbonyl (C=O) groups excluding carboxylic acids is 2. The van der Waals surface area contributed by atoms with Crippen LogP contribution >= 0.6 is 11.6 Å². The number of aromatic amines is 1. The first kappa shape index (κ1) is 33.0. The Hall–Kier alpha value is -3.87. The Labute approximate surface area is 280 Å². The summed E-state index contributed by atoms with van der Waals surface area (Å²) in [6.45, 7) is 7.61. The number of benzene rings is 2. The molecule has 3 fully saturated rings. The van der Waals surface area contributed by atoms with Crippen molar-refractivity contribution < 1.29 is 14.3 Å². The lowest BCUT2D eigenvalue weighted by atomic mass is 10.0. The number of nitrogens with one attached hydrogen (secondary N) is 1. The number of piperidine rings is 2. The number of likely N-dealkylation sites (tertiary alicyclic amines) is 2. The first-order valence-corrected chi connectivity index (χ1v) is 17.0. The number of aryl methyl sites for hydroxylation is 1. The molecule has 0 radical (unpaired) electrons. The van der Waals surface area contributed by atoms with Crippen LogP contribution in [-0.4, -0.2) is 118 Å². The summed E-state index contributed by atoms with van der Waals surface area (Å²) in [4.78, 5) is 51.4. The molecule has 3 saturated heterocycles. The first-order valence-electron chi connectivity index (χ1n) is 16.6. The Morgan fingerprint density at radius 1 is 0.957 bits per heavy atom. The second-order valence-electron chi connectivity index (χ2n) is 13.1. The predicted molar refractivity (Wildman–Crippen MR) is 181 cm³/mol. The number of hydrogen-bond acceptors (Lipinski definition) is 8. The molecule has 1 aromatic heterocycles. The molecular weight excluding hydrogens is 620 g/mol. The van der Waals surface area contributed by atoms with Crippen LogP contribution in [0.1, 0.15) is 42.9 Å². The maximum atomic E-state index is 14.0. The second kappa shape index (κ2) is 14.5. The van der Waals surface area contributed by atoms with E-state index < -0.39 is 12.2 Å². The lowest BCUT2D eigenvalue weighted by molar-refractivity contribution is -0.143. The normalized spacial score (nSPS) is 19.6. The molecule has 0 saturated carbocycles. The zero-order valence-electron chi connectivity index (χ0n) is 27.2. The third-order valence-corrected chi connectivity index (χ3v) is 10.2. The van der Waals surface area contributed by atoms with Gasteiger partial charge < -0.3 is 25.2 Å². The summed E-state index contributed by atoms with van der Waals surface area (Å²) in [5.41, 5.74) is 8.72. The van der Waals surface area contributed by atoms with Crippen molar-refractivity contribution in [3.8, 4) is 11.4 Å². The number of nitrogen functional groups attached to an aromatic ring is 1. The third kappa shape index (κ3) is 7.66. The lowest BCUT2D eigenvalue weighted by Gasteiger charge is -2.42. The van der Waals surface area contributed by atoms with Crippen LogP contribution in [0.15, 0.2) is 47.3 Å². The van der Waals surface area contributed by atoms with Crippen molar-refractivity contribution in [2.75, 3.05) is 65.1 Å². The highest BCUT2D eigenvalue weighted by atomic mass is 35.5. The summed E-state index contributed by atoms with van der Waals surface area (Å²) in [7, 11) is 2.16. The molecule has 0 unspecified atom stereocenters. The van der Waals surface area contributed by atoms with Gasteiger partial charge in [-0.15, -0.1) is 5.10 Å². The average molecular weight is 665 g/mol. The number of hydrogen-bond donors (Lipinski definition) is 2.